The molecule has 3 heterocycles. The van der Waals surface area contributed by atoms with Gasteiger partial charge in [0.25, 0.3) is 0 Å². The van der Waals surface area contributed by atoms with Crippen molar-refractivity contribution in [1.29, 1.82) is 0 Å². The van der Waals surface area contributed by atoms with E-state index in [-0.39, 0.29) is 35.9 Å². The molecule has 3 aliphatic heterocycles. The van der Waals surface area contributed by atoms with Crippen LogP contribution in [0.2, 0.25) is 0 Å². The molecule has 0 radical (unpaired) electrons. The minimum absolute atomic E-state index is 0.129. The second-order valence-corrected chi connectivity index (χ2v) is 5.35. The summed E-state index contributed by atoms with van der Waals surface area (Å²) in [7, 11) is 0. The number of rotatable bonds is 1. The van der Waals surface area contributed by atoms with Crippen LogP contribution < -0.4 is 4.90 Å². The highest BCUT2D eigenvalue weighted by Crippen LogP contribution is 2.46. The van der Waals surface area contributed by atoms with E-state index in [2.05, 4.69) is 0 Å². The lowest BCUT2D eigenvalue weighted by atomic mass is 9.85. The van der Waals surface area contributed by atoms with E-state index in [4.69, 9.17) is 4.74 Å². The van der Waals surface area contributed by atoms with Gasteiger partial charge in [0, 0.05) is 0 Å². The fourth-order valence-electron chi connectivity index (χ4n) is 3.25. The van der Waals surface area contributed by atoms with Crippen molar-refractivity contribution in [2.24, 2.45) is 11.8 Å². The minimum Gasteiger partial charge on any atom is -0.365 e. The van der Waals surface area contributed by atoms with Gasteiger partial charge in [-0.15, -0.1) is 0 Å². The lowest BCUT2D eigenvalue weighted by molar-refractivity contribution is -0.124. The van der Waals surface area contributed by atoms with Crippen LogP contribution in [-0.4, -0.2) is 24.0 Å². The predicted molar refractivity (Wildman–Crippen MR) is 68.5 cm³/mol. The molecule has 4 atom stereocenters. The number of fused-ring (bicyclic) bond motifs is 5. The zero-order valence-corrected chi connectivity index (χ0v) is 10.4. The van der Waals surface area contributed by atoms with E-state index in [1.165, 1.54) is 4.90 Å². The summed E-state index contributed by atoms with van der Waals surface area (Å²) in [5.41, 5.74) is 1.77. The first-order chi connectivity index (χ1) is 9.16. The first-order valence-electron chi connectivity index (χ1n) is 6.45. The van der Waals surface area contributed by atoms with Crippen LogP contribution in [0.3, 0.4) is 0 Å². The van der Waals surface area contributed by atoms with Gasteiger partial charge in [0.05, 0.1) is 29.7 Å². The molecule has 2 amide bonds. The first kappa shape index (κ1) is 10.9. The summed E-state index contributed by atoms with van der Waals surface area (Å²) in [6.07, 6.45) is 3.36. The van der Waals surface area contributed by atoms with Crippen LogP contribution in [0.1, 0.15) is 5.56 Å². The second kappa shape index (κ2) is 3.54. The molecule has 4 unspecified atom stereocenters. The molecule has 2 saturated heterocycles. The number of imide groups is 1. The van der Waals surface area contributed by atoms with Gasteiger partial charge in [-0.25, -0.2) is 4.90 Å². The fraction of sp³-hybridized carbons (Fsp3) is 0.333. The van der Waals surface area contributed by atoms with Gasteiger partial charge in [-0.05, 0) is 19.1 Å². The Bertz CT molecular complexity index is 574. The van der Waals surface area contributed by atoms with E-state index in [9.17, 15) is 9.59 Å². The number of anilines is 1. The van der Waals surface area contributed by atoms with Gasteiger partial charge in [-0.3, -0.25) is 9.59 Å². The number of ether oxygens (including phenoxy) is 1. The maximum atomic E-state index is 12.5. The lowest BCUT2D eigenvalue weighted by Crippen LogP contribution is -2.34. The third kappa shape index (κ3) is 1.32. The summed E-state index contributed by atoms with van der Waals surface area (Å²) in [5.74, 6) is -0.918. The summed E-state index contributed by atoms with van der Waals surface area (Å²) in [6.45, 7) is 1.98. The SMILES string of the molecule is Cc1ccc(N2C(=O)C3C4C=CC(O4)C3C2=O)cc1. The Morgan fingerprint density at radius 1 is 0.947 bits per heavy atom. The average molecular weight is 255 g/mol. The number of nitrogens with zero attached hydrogens (tertiary/aromatic N) is 1. The molecule has 1 aromatic rings. The molecule has 2 fully saturated rings. The average Bonchev–Trinajstić information content (AvgIpc) is 3.06. The Morgan fingerprint density at radius 2 is 1.47 bits per heavy atom. The maximum Gasteiger partial charge on any atom is 0.240 e. The van der Waals surface area contributed by atoms with E-state index < -0.39 is 0 Å². The third-order valence-corrected chi connectivity index (χ3v) is 4.20. The molecule has 4 rings (SSSR count). The van der Waals surface area contributed by atoms with Crippen molar-refractivity contribution in [3.63, 3.8) is 0 Å². The van der Waals surface area contributed by atoms with Gasteiger partial charge < -0.3 is 4.74 Å². The van der Waals surface area contributed by atoms with Crippen LogP contribution >= 0.6 is 0 Å². The molecular formula is C15H13NO3. The first-order valence-corrected chi connectivity index (χ1v) is 6.45. The monoisotopic (exact) mass is 255 g/mol. The standard InChI is InChI=1S/C15H13NO3/c1-8-2-4-9(5-3-8)16-14(17)12-10-6-7-11(19-10)13(12)15(16)18/h2-7,10-13H,1H3. The van der Waals surface area contributed by atoms with Gasteiger partial charge in [-0.2, -0.15) is 0 Å². The van der Waals surface area contributed by atoms with Gasteiger partial charge in [-0.1, -0.05) is 29.8 Å². The lowest BCUT2D eigenvalue weighted by Gasteiger charge is -2.17. The molecule has 0 aliphatic carbocycles. The summed E-state index contributed by atoms with van der Waals surface area (Å²) in [4.78, 5) is 26.3. The van der Waals surface area contributed by atoms with Gasteiger partial charge in [0.1, 0.15) is 0 Å². The molecule has 0 aromatic heterocycles. The molecule has 96 valence electrons. The Hall–Kier alpha value is -1.94. The zero-order valence-electron chi connectivity index (χ0n) is 10.4. The molecular weight excluding hydrogens is 242 g/mol. The highest BCUT2D eigenvalue weighted by molar-refractivity contribution is 6.23. The third-order valence-electron chi connectivity index (χ3n) is 4.20. The maximum absolute atomic E-state index is 12.5. The van der Waals surface area contributed by atoms with Crippen LogP contribution in [0.5, 0.6) is 0 Å². The smallest absolute Gasteiger partial charge is 0.240 e. The fourth-order valence-corrected chi connectivity index (χ4v) is 3.25. The van der Waals surface area contributed by atoms with Crippen molar-refractivity contribution in [1.82, 2.24) is 0 Å². The van der Waals surface area contributed by atoms with E-state index in [1.54, 1.807) is 0 Å². The number of carbonyl (C=O) groups excluding carboxylic acids is 2. The summed E-state index contributed by atoms with van der Waals surface area (Å²) in [6, 6.07) is 7.46. The molecule has 4 heteroatoms. The van der Waals surface area contributed by atoms with Crippen molar-refractivity contribution < 1.29 is 14.3 Å². The molecule has 2 bridgehead atoms. The zero-order chi connectivity index (χ0) is 13.1. The van der Waals surface area contributed by atoms with E-state index in [0.29, 0.717) is 5.69 Å². The molecule has 4 nitrogen and oxygen atoms in total. The van der Waals surface area contributed by atoms with E-state index in [0.717, 1.165) is 5.56 Å². The number of hydrogen-bond acceptors (Lipinski definition) is 3. The predicted octanol–water partition coefficient (Wildman–Crippen LogP) is 1.44. The normalized spacial score (nSPS) is 35.3. The Kier molecular flexibility index (Phi) is 2.04. The van der Waals surface area contributed by atoms with E-state index >= 15 is 0 Å². The van der Waals surface area contributed by atoms with Gasteiger partial charge in [0.2, 0.25) is 11.8 Å². The summed E-state index contributed by atoms with van der Waals surface area (Å²) < 4.78 is 5.60. The van der Waals surface area contributed by atoms with Crippen LogP contribution in [0.25, 0.3) is 0 Å². The van der Waals surface area contributed by atoms with Crippen LogP contribution in [0.15, 0.2) is 36.4 Å². The number of hydrogen-bond donors (Lipinski definition) is 0. The van der Waals surface area contributed by atoms with E-state index in [1.807, 2.05) is 43.3 Å². The topological polar surface area (TPSA) is 46.6 Å². The van der Waals surface area contributed by atoms with Gasteiger partial charge in [0.15, 0.2) is 0 Å². The van der Waals surface area contributed by atoms with Crippen molar-refractivity contribution >= 4 is 17.5 Å². The van der Waals surface area contributed by atoms with Crippen LogP contribution in [0.4, 0.5) is 5.69 Å². The highest BCUT2D eigenvalue weighted by Gasteiger charge is 2.60. The number of amides is 2. The number of aryl methyl sites for hydroxylation is 1. The Morgan fingerprint density at radius 3 is 2.00 bits per heavy atom. The number of carbonyl (C=O) groups is 2. The van der Waals surface area contributed by atoms with Crippen molar-refractivity contribution in [2.75, 3.05) is 4.90 Å². The Labute approximate surface area is 110 Å². The molecule has 3 aliphatic rings. The highest BCUT2D eigenvalue weighted by atomic mass is 16.5. The molecule has 0 saturated carbocycles. The quantitative estimate of drug-likeness (QED) is 0.563. The molecule has 0 N–H and O–H groups in total. The molecule has 1 aromatic carbocycles. The summed E-state index contributed by atoms with van der Waals surface area (Å²) >= 11 is 0. The van der Waals surface area contributed by atoms with Gasteiger partial charge >= 0.3 is 0 Å². The van der Waals surface area contributed by atoms with Crippen molar-refractivity contribution in [3.8, 4) is 0 Å². The summed E-state index contributed by atoms with van der Waals surface area (Å²) in [5, 5.41) is 0. The second-order valence-electron chi connectivity index (χ2n) is 5.35. The molecule has 19 heavy (non-hydrogen) atoms. The Balaban J connectivity index is 1.74. The molecule has 0 spiro atoms. The van der Waals surface area contributed by atoms with Crippen molar-refractivity contribution in [3.05, 3.63) is 42.0 Å². The number of benzene rings is 1. The van der Waals surface area contributed by atoms with Crippen LogP contribution in [0, 0.1) is 18.8 Å². The van der Waals surface area contributed by atoms with Crippen LogP contribution in [-0.2, 0) is 14.3 Å². The van der Waals surface area contributed by atoms with Crippen molar-refractivity contribution in [2.45, 2.75) is 19.1 Å². The largest absolute Gasteiger partial charge is 0.365 e. The minimum atomic E-state index is -0.330.